The number of ether oxygens (including phenoxy) is 6. The van der Waals surface area contributed by atoms with Gasteiger partial charge in [-0.2, -0.15) is 0 Å². The van der Waals surface area contributed by atoms with Crippen LogP contribution in [0.2, 0.25) is 0 Å². The minimum atomic E-state index is -1.26. The van der Waals surface area contributed by atoms with E-state index in [1.165, 1.54) is 0 Å². The van der Waals surface area contributed by atoms with Crippen LogP contribution < -0.4 is 5.73 Å². The Morgan fingerprint density at radius 3 is 2.44 bits per heavy atom. The van der Waals surface area contributed by atoms with Gasteiger partial charge in [0.05, 0.1) is 61.0 Å². The highest BCUT2D eigenvalue weighted by Crippen LogP contribution is 2.43. The van der Waals surface area contributed by atoms with Crippen molar-refractivity contribution in [1.29, 1.82) is 0 Å². The van der Waals surface area contributed by atoms with E-state index in [0.29, 0.717) is 37.9 Å². The van der Waals surface area contributed by atoms with Gasteiger partial charge in [-0.05, 0) is 74.1 Å². The summed E-state index contributed by atoms with van der Waals surface area (Å²) in [6.45, 7) is 11.1. The molecule has 290 valence electrons. The molecule has 52 heavy (non-hydrogen) atoms. The Hall–Kier alpha value is -1.97. The highest BCUT2D eigenvalue weighted by molar-refractivity contribution is 5.79. The van der Waals surface area contributed by atoms with Gasteiger partial charge in [0.15, 0.2) is 0 Å². The molecule has 12 heteroatoms. The Kier molecular flexibility index (Phi) is 12.1. The molecule has 8 aliphatic heterocycles. The van der Waals surface area contributed by atoms with Crippen molar-refractivity contribution in [3.8, 4) is 0 Å². The third-order valence-electron chi connectivity index (χ3n) is 12.6. The van der Waals surface area contributed by atoms with Gasteiger partial charge in [0.25, 0.3) is 0 Å². The van der Waals surface area contributed by atoms with E-state index in [-0.39, 0.29) is 67.5 Å². The molecule has 9 rings (SSSR count). The van der Waals surface area contributed by atoms with Crippen LogP contribution in [0.15, 0.2) is 40.9 Å². The molecule has 0 aromatic carbocycles. The Labute approximate surface area is 307 Å². The van der Waals surface area contributed by atoms with E-state index in [9.17, 15) is 20.1 Å². The summed E-state index contributed by atoms with van der Waals surface area (Å²) >= 11 is 0. The molecule has 9 heterocycles. The lowest BCUT2D eigenvalue weighted by molar-refractivity contribution is -0.268. The number of ketones is 1. The largest absolute Gasteiger partial charge is 0.463 e. The average molecular weight is 730 g/mol. The lowest BCUT2D eigenvalue weighted by Crippen LogP contribution is -2.58. The second-order valence-corrected chi connectivity index (χ2v) is 16.2. The molecule has 0 unspecified atom stereocenters. The van der Waals surface area contributed by atoms with Gasteiger partial charge in [-0.1, -0.05) is 20.1 Å². The maximum absolute atomic E-state index is 13.9. The molecule has 10 bridgehead atoms. The number of hydrogen-bond acceptors (Lipinski definition) is 12. The Bertz CT molecular complexity index is 1410. The van der Waals surface area contributed by atoms with Crippen molar-refractivity contribution in [2.75, 3.05) is 13.7 Å². The monoisotopic (exact) mass is 729 g/mol. The van der Waals surface area contributed by atoms with Gasteiger partial charge in [0.2, 0.25) is 0 Å². The number of methoxy groups -OCH3 is 1. The van der Waals surface area contributed by atoms with Crippen LogP contribution >= 0.6 is 0 Å². The number of aryl methyl sites for hydroxylation is 1. The van der Waals surface area contributed by atoms with Crippen molar-refractivity contribution in [3.63, 3.8) is 0 Å². The first-order valence-electron chi connectivity index (χ1n) is 19.5. The summed E-state index contributed by atoms with van der Waals surface area (Å²) in [6, 6.07) is 3.71. The smallest absolute Gasteiger partial charge is 0.144 e. The molecular formula is C40H59NO11. The lowest BCUT2D eigenvalue weighted by atomic mass is 9.81. The molecule has 1 aromatic rings. The minimum absolute atomic E-state index is 0.00728. The van der Waals surface area contributed by atoms with Crippen LogP contribution in [-0.4, -0.2) is 114 Å². The number of rotatable bonds is 4. The zero-order chi connectivity index (χ0) is 36.7. The number of carbonyl (C=O) groups excluding carboxylic acids is 1. The SMILES string of the molecule is C=C1C[C@@H]2CCc3ccc(o3)[C@@H]3O[C@H]4CC[C@H](CC(=O)C[C@@H]5[C@@H](OC)[C@@H](C[C@H](O)CN)O[C@H]5C[C@H]5O[C@@H](CC[C@@H]1O2)C[C@@H](C)C5=C)O[C@@H]4[C@H](O)[C@@H]3O. The molecular weight excluding hydrogens is 670 g/mol. The van der Waals surface area contributed by atoms with Gasteiger partial charge >= 0.3 is 0 Å². The maximum atomic E-state index is 13.9. The van der Waals surface area contributed by atoms with Gasteiger partial charge in [-0.25, -0.2) is 0 Å². The molecule has 5 N–H and O–H groups in total. The molecule has 16 atom stereocenters. The Balaban J connectivity index is 1.13. The number of carbonyl (C=O) groups is 1. The summed E-state index contributed by atoms with van der Waals surface area (Å²) in [5.74, 6) is 1.19. The van der Waals surface area contributed by atoms with E-state index in [1.807, 2.05) is 12.1 Å². The number of nitrogens with two attached hydrogens (primary N) is 1. The summed E-state index contributed by atoms with van der Waals surface area (Å²) in [4.78, 5) is 13.9. The van der Waals surface area contributed by atoms with Gasteiger partial charge < -0.3 is 53.9 Å². The van der Waals surface area contributed by atoms with Crippen LogP contribution in [0, 0.1) is 11.8 Å². The van der Waals surface area contributed by atoms with Crippen LogP contribution in [0.3, 0.4) is 0 Å². The van der Waals surface area contributed by atoms with Crippen molar-refractivity contribution < 1.29 is 53.0 Å². The molecule has 12 nitrogen and oxygen atoms in total. The highest BCUT2D eigenvalue weighted by Gasteiger charge is 2.51. The van der Waals surface area contributed by atoms with Gasteiger partial charge in [-0.15, -0.1) is 0 Å². The number of aliphatic hydroxyl groups is 3. The average Bonchev–Trinajstić information content (AvgIpc) is 3.83. The summed E-state index contributed by atoms with van der Waals surface area (Å²) in [6.07, 6.45) is -0.225. The van der Waals surface area contributed by atoms with E-state index in [0.717, 1.165) is 49.0 Å². The van der Waals surface area contributed by atoms with Crippen molar-refractivity contribution in [2.24, 2.45) is 17.6 Å². The molecule has 8 aliphatic rings. The van der Waals surface area contributed by atoms with Crippen LogP contribution in [-0.2, 0) is 39.6 Å². The van der Waals surface area contributed by atoms with Crippen LogP contribution in [0.1, 0.15) is 95.2 Å². The van der Waals surface area contributed by atoms with Crippen LogP contribution in [0.4, 0.5) is 0 Å². The summed E-state index contributed by atoms with van der Waals surface area (Å²) < 4.78 is 44.6. The fourth-order valence-corrected chi connectivity index (χ4v) is 9.62. The zero-order valence-electron chi connectivity index (χ0n) is 30.7. The first-order valence-corrected chi connectivity index (χ1v) is 19.5. The maximum Gasteiger partial charge on any atom is 0.144 e. The molecule has 0 amide bonds. The third kappa shape index (κ3) is 8.17. The lowest BCUT2D eigenvalue weighted by Gasteiger charge is -2.46. The van der Waals surface area contributed by atoms with Crippen molar-refractivity contribution in [2.45, 2.75) is 169 Å². The Morgan fingerprint density at radius 2 is 1.65 bits per heavy atom. The second-order valence-electron chi connectivity index (χ2n) is 16.2. The molecule has 0 radical (unpaired) electrons. The van der Waals surface area contributed by atoms with E-state index < -0.39 is 54.9 Å². The first-order chi connectivity index (χ1) is 25.0. The Morgan fingerprint density at radius 1 is 0.885 bits per heavy atom. The fraction of sp³-hybridized carbons (Fsp3) is 0.775. The summed E-state index contributed by atoms with van der Waals surface area (Å²) in [5, 5.41) is 32.9. The molecule has 0 aliphatic carbocycles. The van der Waals surface area contributed by atoms with E-state index in [1.54, 1.807) is 7.11 Å². The van der Waals surface area contributed by atoms with Gasteiger partial charge in [0.1, 0.15) is 41.7 Å². The van der Waals surface area contributed by atoms with E-state index in [2.05, 4.69) is 20.1 Å². The minimum Gasteiger partial charge on any atom is -0.463 e. The zero-order valence-corrected chi connectivity index (χ0v) is 30.7. The second kappa shape index (κ2) is 16.4. The number of hydrogen-bond donors (Lipinski definition) is 4. The predicted molar refractivity (Wildman–Crippen MR) is 189 cm³/mol. The van der Waals surface area contributed by atoms with Gasteiger partial charge in [0, 0.05) is 51.7 Å². The molecule has 5 fully saturated rings. The molecule has 1 aromatic heterocycles. The van der Waals surface area contributed by atoms with Crippen molar-refractivity contribution in [3.05, 3.63) is 48.0 Å². The van der Waals surface area contributed by atoms with Crippen molar-refractivity contribution in [1.82, 2.24) is 0 Å². The summed E-state index contributed by atoms with van der Waals surface area (Å²) in [5.41, 5.74) is 7.90. The first kappa shape index (κ1) is 38.3. The van der Waals surface area contributed by atoms with E-state index >= 15 is 0 Å². The normalized spacial score (nSPS) is 44.0. The third-order valence-corrected chi connectivity index (χ3v) is 12.6. The van der Waals surface area contributed by atoms with Crippen LogP contribution in [0.5, 0.6) is 0 Å². The molecule has 0 saturated carbocycles. The molecule has 0 spiro atoms. The quantitative estimate of drug-likeness (QED) is 0.333. The number of Topliss-reactive ketones (excluding diaryl/α,β-unsaturated/α-hetero) is 1. The molecule has 5 saturated heterocycles. The van der Waals surface area contributed by atoms with E-state index in [4.69, 9.17) is 38.6 Å². The summed E-state index contributed by atoms with van der Waals surface area (Å²) in [7, 11) is 1.62. The fourth-order valence-electron chi connectivity index (χ4n) is 9.62. The highest BCUT2D eigenvalue weighted by atomic mass is 16.6. The number of furan rings is 1. The number of aliphatic hydroxyl groups excluding tert-OH is 3. The van der Waals surface area contributed by atoms with Crippen molar-refractivity contribution >= 4 is 5.78 Å². The number of fused-ring (bicyclic) bond motifs is 2. The standard InChI is InChI=1S/C40H59NO11/c1-20-13-27-8-10-30-21(2)14-26(48-30)6-5-25-7-11-31(47-25)40-37(45)36(44)39-32(52-40)12-9-28(50-39)15-23(42)16-29-34(18-33(49-27)22(20)3)51-35(38(29)46-4)17-24(43)19-41/h7,11,20,24,26-30,32-40,43-45H,2-3,5-6,8-10,12-19,41H2,1,4H3/t20-,24+,26+,27+,28-,29+,30+,32+,33-,34+,35-,36-,37+,38-,39+,40+/m1/s1. The van der Waals surface area contributed by atoms with Gasteiger partial charge in [-0.3, -0.25) is 4.79 Å². The topological polar surface area (TPSA) is 172 Å². The predicted octanol–water partition coefficient (Wildman–Crippen LogP) is 3.63. The van der Waals surface area contributed by atoms with Crippen LogP contribution in [0.25, 0.3) is 0 Å².